The molecule has 0 aliphatic rings. The normalized spacial score (nSPS) is 11.1. The minimum absolute atomic E-state index is 0.105. The average Bonchev–Trinajstić information content (AvgIpc) is 3.03. The van der Waals surface area contributed by atoms with Crippen LogP contribution in [0.15, 0.2) is 53.0 Å². The van der Waals surface area contributed by atoms with E-state index in [9.17, 15) is 4.79 Å². The number of hydrogen-bond donors (Lipinski definition) is 0. The fraction of sp³-hybridized carbons (Fsp3) is 0.182. The van der Waals surface area contributed by atoms with Gasteiger partial charge in [-0.1, -0.05) is 23.7 Å². The molecule has 0 radical (unpaired) electrons. The molecule has 29 heavy (non-hydrogen) atoms. The summed E-state index contributed by atoms with van der Waals surface area (Å²) in [6.07, 6.45) is 3.31. The molecule has 5 nitrogen and oxygen atoms in total. The van der Waals surface area contributed by atoms with Gasteiger partial charge in [0.25, 0.3) is 0 Å². The number of ketones is 1. The van der Waals surface area contributed by atoms with Crippen molar-refractivity contribution >= 4 is 39.4 Å². The Balaban J connectivity index is 1.77. The van der Waals surface area contributed by atoms with E-state index in [-0.39, 0.29) is 5.78 Å². The van der Waals surface area contributed by atoms with Gasteiger partial charge in [0.2, 0.25) is 5.78 Å². The molecule has 0 N–H and O–H groups in total. The lowest BCUT2D eigenvalue weighted by Gasteiger charge is -2.12. The third kappa shape index (κ3) is 5.28. The summed E-state index contributed by atoms with van der Waals surface area (Å²) < 4.78 is 13.7. The second kappa shape index (κ2) is 9.29. The zero-order valence-electron chi connectivity index (χ0n) is 16.3. The molecule has 1 aromatic heterocycles. The highest BCUT2D eigenvalue weighted by atomic mass is 79.9. The minimum atomic E-state index is -0.105. The zero-order chi connectivity index (χ0) is 21.0. The summed E-state index contributed by atoms with van der Waals surface area (Å²) in [6, 6.07) is 12.8. The smallest absolute Gasteiger partial charge is 0.203 e. The number of aryl methyl sites for hydroxylation is 2. The number of allylic oxidation sites excluding steroid dienone is 1. The van der Waals surface area contributed by atoms with Crippen LogP contribution in [0.4, 0.5) is 0 Å². The monoisotopic (exact) mass is 474 g/mol. The second-order valence-corrected chi connectivity index (χ2v) is 7.72. The standard InChI is InChI=1S/C22H20BrClN2O3/c1-14-10-19(26(2)25-14)20(27)7-4-15-5-8-21(28-3)16(11-15)13-29-22-9-6-17(24)12-18(22)23/h4-12H,13H2,1-3H3/b7-4+. The van der Waals surface area contributed by atoms with Gasteiger partial charge in [0.1, 0.15) is 23.8 Å². The molecule has 0 spiro atoms. The SMILES string of the molecule is COc1ccc(/C=C/C(=O)c2cc(C)nn2C)cc1COc1ccc(Cl)cc1Br. The lowest BCUT2D eigenvalue weighted by atomic mass is 10.1. The van der Waals surface area contributed by atoms with Crippen molar-refractivity contribution in [3.8, 4) is 11.5 Å². The van der Waals surface area contributed by atoms with Crippen molar-refractivity contribution in [3.05, 3.63) is 80.6 Å². The van der Waals surface area contributed by atoms with Gasteiger partial charge in [0, 0.05) is 17.6 Å². The van der Waals surface area contributed by atoms with Gasteiger partial charge in [0.15, 0.2) is 0 Å². The highest BCUT2D eigenvalue weighted by molar-refractivity contribution is 9.10. The topological polar surface area (TPSA) is 53.3 Å². The Morgan fingerprint density at radius 2 is 1.97 bits per heavy atom. The quantitative estimate of drug-likeness (QED) is 0.328. The molecule has 0 atom stereocenters. The van der Waals surface area contributed by atoms with Gasteiger partial charge in [-0.15, -0.1) is 0 Å². The van der Waals surface area contributed by atoms with Crippen LogP contribution in [0.2, 0.25) is 5.02 Å². The van der Waals surface area contributed by atoms with E-state index in [1.54, 1.807) is 55.3 Å². The molecule has 2 aromatic carbocycles. The maximum atomic E-state index is 12.4. The molecular formula is C22H20BrClN2O3. The Morgan fingerprint density at radius 1 is 1.21 bits per heavy atom. The van der Waals surface area contributed by atoms with E-state index < -0.39 is 0 Å². The molecule has 0 aliphatic carbocycles. The van der Waals surface area contributed by atoms with Crippen LogP contribution >= 0.6 is 27.5 Å². The third-order valence-corrected chi connectivity index (χ3v) is 5.12. The van der Waals surface area contributed by atoms with Crippen LogP contribution in [0.3, 0.4) is 0 Å². The van der Waals surface area contributed by atoms with Gasteiger partial charge in [-0.2, -0.15) is 5.10 Å². The molecule has 7 heteroatoms. The first-order valence-electron chi connectivity index (χ1n) is 8.85. The predicted molar refractivity (Wildman–Crippen MR) is 118 cm³/mol. The molecule has 0 saturated carbocycles. The van der Waals surface area contributed by atoms with Gasteiger partial charge in [-0.25, -0.2) is 0 Å². The number of nitrogens with zero attached hydrogens (tertiary/aromatic N) is 2. The number of methoxy groups -OCH3 is 1. The Labute approximate surface area is 183 Å². The van der Waals surface area contributed by atoms with Gasteiger partial charge in [-0.05, 0) is 70.9 Å². The lowest BCUT2D eigenvalue weighted by Crippen LogP contribution is -2.04. The van der Waals surface area contributed by atoms with Crippen LogP contribution in [0, 0.1) is 6.92 Å². The van der Waals surface area contributed by atoms with E-state index in [1.807, 2.05) is 25.1 Å². The fourth-order valence-electron chi connectivity index (χ4n) is 2.86. The summed E-state index contributed by atoms with van der Waals surface area (Å²) in [5.41, 5.74) is 3.08. The van der Waals surface area contributed by atoms with Gasteiger partial charge >= 0.3 is 0 Å². The molecule has 150 valence electrons. The van der Waals surface area contributed by atoms with Crippen LogP contribution in [-0.2, 0) is 13.7 Å². The number of hydrogen-bond acceptors (Lipinski definition) is 4. The van der Waals surface area contributed by atoms with E-state index in [1.165, 1.54) is 0 Å². The molecule has 0 saturated heterocycles. The molecule has 3 aromatic rings. The van der Waals surface area contributed by atoms with Crippen molar-refractivity contribution in [1.82, 2.24) is 9.78 Å². The molecular weight excluding hydrogens is 456 g/mol. The predicted octanol–water partition coefficient (Wildman–Crippen LogP) is 5.63. The number of rotatable bonds is 7. The molecule has 1 heterocycles. The molecule has 3 rings (SSSR count). The second-order valence-electron chi connectivity index (χ2n) is 6.43. The molecule has 0 bridgehead atoms. The summed E-state index contributed by atoms with van der Waals surface area (Å²) in [4.78, 5) is 12.4. The fourth-order valence-corrected chi connectivity index (χ4v) is 3.66. The summed E-state index contributed by atoms with van der Waals surface area (Å²) >= 11 is 9.42. The van der Waals surface area contributed by atoms with Gasteiger partial charge in [0.05, 0.1) is 17.3 Å². The molecule has 0 aliphatic heterocycles. The first kappa shape index (κ1) is 21.1. The number of carbonyl (C=O) groups excluding carboxylic acids is 1. The first-order chi connectivity index (χ1) is 13.9. The largest absolute Gasteiger partial charge is 0.496 e. The van der Waals surface area contributed by atoms with Crippen LogP contribution in [0.1, 0.15) is 27.3 Å². The van der Waals surface area contributed by atoms with Crippen molar-refractivity contribution in [3.63, 3.8) is 0 Å². The summed E-state index contributed by atoms with van der Waals surface area (Å²) in [5.74, 6) is 1.28. The van der Waals surface area contributed by atoms with E-state index in [4.69, 9.17) is 21.1 Å². The van der Waals surface area contributed by atoms with Crippen molar-refractivity contribution in [2.45, 2.75) is 13.5 Å². The summed E-state index contributed by atoms with van der Waals surface area (Å²) in [6.45, 7) is 2.16. The van der Waals surface area contributed by atoms with Crippen molar-refractivity contribution < 1.29 is 14.3 Å². The maximum absolute atomic E-state index is 12.4. The Hall–Kier alpha value is -2.57. The lowest BCUT2D eigenvalue weighted by molar-refractivity contribution is 0.103. The Bertz CT molecular complexity index is 1080. The van der Waals surface area contributed by atoms with Crippen molar-refractivity contribution in [2.75, 3.05) is 7.11 Å². The highest BCUT2D eigenvalue weighted by Gasteiger charge is 2.10. The van der Waals surface area contributed by atoms with Gasteiger partial charge in [-0.3, -0.25) is 9.48 Å². The van der Waals surface area contributed by atoms with Gasteiger partial charge < -0.3 is 9.47 Å². The minimum Gasteiger partial charge on any atom is -0.496 e. The maximum Gasteiger partial charge on any atom is 0.203 e. The van der Waals surface area contributed by atoms with E-state index >= 15 is 0 Å². The molecule has 0 amide bonds. The summed E-state index contributed by atoms with van der Waals surface area (Å²) in [5, 5.41) is 4.83. The number of benzene rings is 2. The van der Waals surface area contributed by atoms with E-state index in [0.29, 0.717) is 28.8 Å². The zero-order valence-corrected chi connectivity index (χ0v) is 18.6. The number of carbonyl (C=O) groups is 1. The number of aromatic nitrogens is 2. The molecule has 0 unspecified atom stereocenters. The average molecular weight is 476 g/mol. The van der Waals surface area contributed by atoms with Crippen molar-refractivity contribution in [1.29, 1.82) is 0 Å². The third-order valence-electron chi connectivity index (χ3n) is 4.26. The molecule has 0 fully saturated rings. The summed E-state index contributed by atoms with van der Waals surface area (Å²) in [7, 11) is 3.37. The van der Waals surface area contributed by atoms with E-state index in [2.05, 4.69) is 21.0 Å². The number of halogens is 2. The van der Waals surface area contributed by atoms with Crippen LogP contribution in [0.5, 0.6) is 11.5 Å². The van der Waals surface area contributed by atoms with E-state index in [0.717, 1.165) is 21.3 Å². The van der Waals surface area contributed by atoms with Crippen LogP contribution < -0.4 is 9.47 Å². The first-order valence-corrected chi connectivity index (χ1v) is 10.0. The van der Waals surface area contributed by atoms with Crippen molar-refractivity contribution in [2.24, 2.45) is 7.05 Å². The van der Waals surface area contributed by atoms with Crippen LogP contribution in [0.25, 0.3) is 6.08 Å². The Morgan fingerprint density at radius 3 is 2.62 bits per heavy atom. The number of ether oxygens (including phenoxy) is 2. The Kier molecular flexibility index (Phi) is 6.77. The highest BCUT2D eigenvalue weighted by Crippen LogP contribution is 2.30. The van der Waals surface area contributed by atoms with Crippen LogP contribution in [-0.4, -0.2) is 22.7 Å².